The molecule has 0 atom stereocenters. The highest BCUT2D eigenvalue weighted by atomic mass is 79.9. The molecule has 0 fully saturated rings. The van der Waals surface area contributed by atoms with Crippen LogP contribution in [0.15, 0.2) is 59.3 Å². The van der Waals surface area contributed by atoms with Crippen LogP contribution in [0, 0.1) is 6.92 Å². The van der Waals surface area contributed by atoms with Gasteiger partial charge in [-0.1, -0.05) is 28.1 Å². The monoisotopic (exact) mass is 366 g/mol. The van der Waals surface area contributed by atoms with Gasteiger partial charge in [-0.2, -0.15) is 4.98 Å². The normalized spacial score (nSPS) is 11.3. The molecule has 0 unspecified atom stereocenters. The van der Waals surface area contributed by atoms with Crippen LogP contribution in [0.1, 0.15) is 5.56 Å². The smallest absolute Gasteiger partial charge is 0.236 e. The Bertz CT molecular complexity index is 1020. The van der Waals surface area contributed by atoms with Crippen LogP contribution in [-0.4, -0.2) is 21.4 Å². The standard InChI is InChI=1S/C18H15BrN4/c1-12-6-7-15-16(10-12)23-9-8-20-18(23)21-17(15)22(2)14-5-3-4-13(19)11-14/h3-11H,1-2H3. The van der Waals surface area contributed by atoms with Gasteiger partial charge in [0.2, 0.25) is 5.78 Å². The molecule has 2 heterocycles. The average Bonchev–Trinajstić information content (AvgIpc) is 3.02. The van der Waals surface area contributed by atoms with E-state index < -0.39 is 0 Å². The summed E-state index contributed by atoms with van der Waals surface area (Å²) in [4.78, 5) is 11.2. The molecule has 0 radical (unpaired) electrons. The summed E-state index contributed by atoms with van der Waals surface area (Å²) in [6, 6.07) is 14.6. The van der Waals surface area contributed by atoms with Gasteiger partial charge in [0.05, 0.1) is 5.52 Å². The van der Waals surface area contributed by atoms with E-state index >= 15 is 0 Å². The van der Waals surface area contributed by atoms with E-state index in [9.17, 15) is 0 Å². The molecule has 0 aliphatic rings. The predicted molar refractivity (Wildman–Crippen MR) is 97.4 cm³/mol. The van der Waals surface area contributed by atoms with Gasteiger partial charge in [-0.3, -0.25) is 4.40 Å². The molecule has 0 N–H and O–H groups in total. The third-order valence-corrected chi connectivity index (χ3v) is 4.49. The molecule has 4 aromatic rings. The van der Waals surface area contributed by atoms with Crippen LogP contribution in [-0.2, 0) is 0 Å². The van der Waals surface area contributed by atoms with Crippen LogP contribution >= 0.6 is 15.9 Å². The second-order valence-electron chi connectivity index (χ2n) is 5.59. The summed E-state index contributed by atoms with van der Waals surface area (Å²) in [6.07, 6.45) is 3.74. The molecule has 4 nitrogen and oxygen atoms in total. The Morgan fingerprint density at radius 2 is 2.00 bits per heavy atom. The molecule has 2 aromatic heterocycles. The lowest BCUT2D eigenvalue weighted by Crippen LogP contribution is -2.13. The summed E-state index contributed by atoms with van der Waals surface area (Å²) in [7, 11) is 2.03. The van der Waals surface area contributed by atoms with Crippen LogP contribution in [0.2, 0.25) is 0 Å². The molecular weight excluding hydrogens is 352 g/mol. The highest BCUT2D eigenvalue weighted by Gasteiger charge is 2.14. The van der Waals surface area contributed by atoms with Gasteiger partial charge in [0, 0.05) is 35.0 Å². The summed E-state index contributed by atoms with van der Waals surface area (Å²) in [6.45, 7) is 2.10. The maximum atomic E-state index is 4.76. The third-order valence-electron chi connectivity index (χ3n) is 3.99. The average molecular weight is 367 g/mol. The number of aromatic nitrogens is 3. The molecule has 0 saturated heterocycles. The zero-order chi connectivity index (χ0) is 16.0. The number of aryl methyl sites for hydroxylation is 1. The quantitative estimate of drug-likeness (QED) is 0.514. The molecule has 0 saturated carbocycles. The minimum absolute atomic E-state index is 0.708. The minimum atomic E-state index is 0.708. The largest absolute Gasteiger partial charge is 0.329 e. The van der Waals surface area contributed by atoms with Crippen molar-refractivity contribution in [1.82, 2.24) is 14.4 Å². The molecule has 2 aromatic carbocycles. The first-order valence-electron chi connectivity index (χ1n) is 7.36. The number of anilines is 2. The van der Waals surface area contributed by atoms with E-state index in [1.165, 1.54) is 5.56 Å². The highest BCUT2D eigenvalue weighted by Crippen LogP contribution is 2.31. The fourth-order valence-corrected chi connectivity index (χ4v) is 3.20. The number of rotatable bonds is 2. The van der Waals surface area contributed by atoms with Crippen molar-refractivity contribution in [1.29, 1.82) is 0 Å². The molecular formula is C18H15BrN4. The number of benzene rings is 2. The molecule has 114 valence electrons. The SMILES string of the molecule is Cc1ccc2c(N(C)c3cccc(Br)c3)nc3nccn3c2c1. The lowest BCUT2D eigenvalue weighted by atomic mass is 10.1. The predicted octanol–water partition coefficient (Wildman–Crippen LogP) is 4.72. The Hall–Kier alpha value is -2.40. The maximum Gasteiger partial charge on any atom is 0.236 e. The second-order valence-corrected chi connectivity index (χ2v) is 6.51. The van der Waals surface area contributed by atoms with Gasteiger partial charge in [0.25, 0.3) is 0 Å². The van der Waals surface area contributed by atoms with Gasteiger partial charge < -0.3 is 4.90 Å². The summed E-state index contributed by atoms with van der Waals surface area (Å²) in [5.74, 6) is 1.61. The van der Waals surface area contributed by atoms with Crippen molar-refractivity contribution < 1.29 is 0 Å². The Morgan fingerprint density at radius 3 is 2.83 bits per heavy atom. The molecule has 0 bridgehead atoms. The van der Waals surface area contributed by atoms with Crippen molar-refractivity contribution in [3.63, 3.8) is 0 Å². The summed E-state index contributed by atoms with van der Waals surface area (Å²) in [5.41, 5.74) is 3.41. The Labute approximate surface area is 142 Å². The van der Waals surface area contributed by atoms with Crippen molar-refractivity contribution in [2.75, 3.05) is 11.9 Å². The first-order chi connectivity index (χ1) is 11.1. The summed E-state index contributed by atoms with van der Waals surface area (Å²) in [5, 5.41) is 1.10. The Morgan fingerprint density at radius 1 is 1.13 bits per heavy atom. The molecule has 0 amide bonds. The van der Waals surface area contributed by atoms with E-state index in [2.05, 4.69) is 63.1 Å². The van der Waals surface area contributed by atoms with E-state index in [1.807, 2.05) is 29.8 Å². The van der Waals surface area contributed by atoms with E-state index in [1.54, 1.807) is 6.20 Å². The number of hydrogen-bond acceptors (Lipinski definition) is 3. The summed E-state index contributed by atoms with van der Waals surface area (Å²) < 4.78 is 3.07. The number of nitrogens with zero attached hydrogens (tertiary/aromatic N) is 4. The van der Waals surface area contributed by atoms with Crippen LogP contribution in [0.5, 0.6) is 0 Å². The molecule has 0 aliphatic carbocycles. The lowest BCUT2D eigenvalue weighted by Gasteiger charge is -2.21. The van der Waals surface area contributed by atoms with Gasteiger partial charge in [-0.15, -0.1) is 0 Å². The molecule has 5 heteroatoms. The van der Waals surface area contributed by atoms with Gasteiger partial charge in [-0.05, 0) is 42.8 Å². The maximum absolute atomic E-state index is 4.76. The van der Waals surface area contributed by atoms with E-state index in [-0.39, 0.29) is 0 Å². The van der Waals surface area contributed by atoms with E-state index in [0.717, 1.165) is 26.9 Å². The van der Waals surface area contributed by atoms with Crippen LogP contribution in [0.3, 0.4) is 0 Å². The molecule has 23 heavy (non-hydrogen) atoms. The topological polar surface area (TPSA) is 33.4 Å². The first-order valence-corrected chi connectivity index (χ1v) is 8.15. The third kappa shape index (κ3) is 2.37. The van der Waals surface area contributed by atoms with Crippen LogP contribution < -0.4 is 4.90 Å². The van der Waals surface area contributed by atoms with Crippen molar-refractivity contribution in [2.24, 2.45) is 0 Å². The van der Waals surface area contributed by atoms with Crippen molar-refractivity contribution in [3.05, 3.63) is 64.9 Å². The minimum Gasteiger partial charge on any atom is -0.329 e. The van der Waals surface area contributed by atoms with Gasteiger partial charge in [0.15, 0.2) is 0 Å². The van der Waals surface area contributed by atoms with Crippen LogP contribution in [0.25, 0.3) is 16.7 Å². The highest BCUT2D eigenvalue weighted by molar-refractivity contribution is 9.10. The van der Waals surface area contributed by atoms with Crippen molar-refractivity contribution in [2.45, 2.75) is 6.92 Å². The van der Waals surface area contributed by atoms with Crippen molar-refractivity contribution >= 4 is 44.1 Å². The molecule has 0 spiro atoms. The zero-order valence-electron chi connectivity index (χ0n) is 12.9. The van der Waals surface area contributed by atoms with Gasteiger partial charge in [-0.25, -0.2) is 4.98 Å². The fourth-order valence-electron chi connectivity index (χ4n) is 2.81. The number of halogens is 1. The van der Waals surface area contributed by atoms with E-state index in [0.29, 0.717) is 5.78 Å². The molecule has 0 aliphatic heterocycles. The van der Waals surface area contributed by atoms with E-state index in [4.69, 9.17) is 4.98 Å². The number of imidazole rings is 1. The lowest BCUT2D eigenvalue weighted by molar-refractivity contribution is 1.10. The number of hydrogen-bond donors (Lipinski definition) is 0. The Kier molecular flexibility index (Phi) is 3.31. The Balaban J connectivity index is 2.01. The van der Waals surface area contributed by atoms with Gasteiger partial charge in [0.1, 0.15) is 5.82 Å². The second kappa shape index (κ2) is 5.35. The number of fused-ring (bicyclic) bond motifs is 3. The molecule has 4 rings (SSSR count). The zero-order valence-corrected chi connectivity index (χ0v) is 14.4. The summed E-state index contributed by atoms with van der Waals surface area (Å²) >= 11 is 3.53. The fraction of sp³-hybridized carbons (Fsp3) is 0.111. The van der Waals surface area contributed by atoms with Crippen molar-refractivity contribution in [3.8, 4) is 0 Å². The first kappa shape index (κ1) is 14.2. The van der Waals surface area contributed by atoms with Crippen LogP contribution in [0.4, 0.5) is 11.5 Å². The van der Waals surface area contributed by atoms with Gasteiger partial charge >= 0.3 is 0 Å².